The number of rotatable bonds is 4. The van der Waals surface area contributed by atoms with Gasteiger partial charge in [-0.1, -0.05) is 42.5 Å². The molecule has 1 heterocycles. The summed E-state index contributed by atoms with van der Waals surface area (Å²) in [5.74, 6) is 0.622. The molecule has 0 bridgehead atoms. The van der Waals surface area contributed by atoms with Crippen molar-refractivity contribution in [3.63, 3.8) is 0 Å². The average Bonchev–Trinajstić information content (AvgIpc) is 2.99. The second kappa shape index (κ2) is 6.75. The molecule has 0 unspecified atom stereocenters. The number of aromatic amines is 1. The maximum absolute atomic E-state index is 11.8. The number of aromatic nitrogens is 2. The van der Waals surface area contributed by atoms with Gasteiger partial charge >= 0.3 is 0 Å². The minimum absolute atomic E-state index is 0.162. The van der Waals surface area contributed by atoms with Crippen LogP contribution in [0.3, 0.4) is 0 Å². The molecule has 23 heavy (non-hydrogen) atoms. The van der Waals surface area contributed by atoms with Gasteiger partial charge in [-0.15, -0.1) is 0 Å². The van der Waals surface area contributed by atoms with E-state index in [-0.39, 0.29) is 5.91 Å². The van der Waals surface area contributed by atoms with E-state index in [0.29, 0.717) is 0 Å². The molecule has 0 fully saturated rings. The number of H-pyrrole nitrogens is 1. The van der Waals surface area contributed by atoms with E-state index in [1.165, 1.54) is 6.08 Å². The zero-order valence-corrected chi connectivity index (χ0v) is 12.8. The van der Waals surface area contributed by atoms with E-state index in [9.17, 15) is 4.79 Å². The number of nitrogens with zero attached hydrogens (tertiary/aromatic N) is 1. The number of benzene rings is 2. The number of fused-ring (bicyclic) bond motifs is 1. The summed E-state index contributed by atoms with van der Waals surface area (Å²) in [7, 11) is 0. The van der Waals surface area contributed by atoms with Crippen LogP contribution in [0, 0.1) is 0 Å². The third-order valence-electron chi connectivity index (χ3n) is 3.34. The Morgan fingerprint density at radius 2 is 2.00 bits per heavy atom. The molecule has 0 aliphatic heterocycles. The molecular formula is C19H17N3O. The fraction of sp³-hybridized carbons (Fsp3) is 0.0526. The zero-order valence-electron chi connectivity index (χ0n) is 12.8. The molecule has 4 heteroatoms. The molecule has 0 saturated carbocycles. The highest BCUT2D eigenvalue weighted by atomic mass is 16.1. The molecule has 2 aromatic carbocycles. The Balaban J connectivity index is 1.83. The highest BCUT2D eigenvalue weighted by Gasteiger charge is 2.06. The van der Waals surface area contributed by atoms with E-state index in [1.54, 1.807) is 6.08 Å². The third kappa shape index (κ3) is 3.55. The van der Waals surface area contributed by atoms with Crippen LogP contribution in [0.5, 0.6) is 0 Å². The first-order valence-corrected chi connectivity index (χ1v) is 7.42. The lowest BCUT2D eigenvalue weighted by Crippen LogP contribution is -2.07. The Bertz CT molecular complexity index is 857. The number of nitrogens with one attached hydrogen (secondary N) is 2. The van der Waals surface area contributed by atoms with Crippen molar-refractivity contribution >= 4 is 22.6 Å². The van der Waals surface area contributed by atoms with Crippen LogP contribution in [-0.2, 0) is 4.79 Å². The van der Waals surface area contributed by atoms with E-state index < -0.39 is 0 Å². The van der Waals surface area contributed by atoms with Crippen LogP contribution in [0.1, 0.15) is 6.92 Å². The SMILES string of the molecule is C/C=C/C=C/C(=O)Nc1cccc(-c2nc3ccccc3[nH]2)c1. The number of carbonyl (C=O) groups excluding carboxylic acids is 1. The third-order valence-corrected chi connectivity index (χ3v) is 3.34. The van der Waals surface area contributed by atoms with Gasteiger partial charge < -0.3 is 10.3 Å². The minimum atomic E-state index is -0.162. The Kier molecular flexibility index (Phi) is 4.34. The summed E-state index contributed by atoms with van der Waals surface area (Å²) in [5, 5.41) is 2.84. The molecule has 1 aromatic heterocycles. The molecule has 0 radical (unpaired) electrons. The van der Waals surface area contributed by atoms with Crippen molar-refractivity contribution in [2.45, 2.75) is 6.92 Å². The van der Waals surface area contributed by atoms with Gasteiger partial charge in [0.25, 0.3) is 0 Å². The summed E-state index contributed by atoms with van der Waals surface area (Å²) < 4.78 is 0. The first kappa shape index (κ1) is 14.8. The van der Waals surface area contributed by atoms with Gasteiger partial charge in [0, 0.05) is 17.3 Å². The lowest BCUT2D eigenvalue weighted by Gasteiger charge is -2.04. The number of amides is 1. The number of hydrogen-bond acceptors (Lipinski definition) is 2. The molecule has 2 N–H and O–H groups in total. The lowest BCUT2D eigenvalue weighted by atomic mass is 10.2. The fourth-order valence-corrected chi connectivity index (χ4v) is 2.27. The largest absolute Gasteiger partial charge is 0.338 e. The topological polar surface area (TPSA) is 57.8 Å². The summed E-state index contributed by atoms with van der Waals surface area (Å²) in [6.07, 6.45) is 6.88. The van der Waals surface area contributed by atoms with Crippen molar-refractivity contribution in [2.24, 2.45) is 0 Å². The second-order valence-corrected chi connectivity index (χ2v) is 5.06. The van der Waals surface area contributed by atoms with Crippen LogP contribution in [0.25, 0.3) is 22.4 Å². The number of para-hydroxylation sites is 2. The predicted molar refractivity (Wildman–Crippen MR) is 94.1 cm³/mol. The Morgan fingerprint density at radius 1 is 1.13 bits per heavy atom. The first-order chi connectivity index (χ1) is 11.3. The Hall–Kier alpha value is -3.14. The van der Waals surface area contributed by atoms with E-state index in [4.69, 9.17) is 0 Å². The maximum Gasteiger partial charge on any atom is 0.248 e. The molecule has 114 valence electrons. The van der Waals surface area contributed by atoms with Crippen molar-refractivity contribution in [1.29, 1.82) is 0 Å². The van der Waals surface area contributed by atoms with E-state index in [1.807, 2.05) is 67.6 Å². The molecule has 0 aliphatic carbocycles. The fourth-order valence-electron chi connectivity index (χ4n) is 2.27. The highest BCUT2D eigenvalue weighted by molar-refractivity contribution is 5.99. The van der Waals surface area contributed by atoms with Crippen LogP contribution in [0.4, 0.5) is 5.69 Å². The van der Waals surface area contributed by atoms with Crippen molar-refractivity contribution in [3.05, 3.63) is 72.8 Å². The molecular weight excluding hydrogens is 286 g/mol. The number of hydrogen-bond donors (Lipinski definition) is 2. The van der Waals surface area contributed by atoms with Gasteiger partial charge in [0.05, 0.1) is 11.0 Å². The Morgan fingerprint density at radius 3 is 2.83 bits per heavy atom. The number of anilines is 1. The molecule has 3 rings (SSSR count). The normalized spacial score (nSPS) is 11.5. The summed E-state index contributed by atoms with van der Waals surface area (Å²) in [5.41, 5.74) is 3.58. The number of carbonyl (C=O) groups is 1. The first-order valence-electron chi connectivity index (χ1n) is 7.42. The van der Waals surface area contributed by atoms with Crippen molar-refractivity contribution < 1.29 is 4.79 Å². The summed E-state index contributed by atoms with van der Waals surface area (Å²) >= 11 is 0. The molecule has 0 saturated heterocycles. The molecule has 1 amide bonds. The van der Waals surface area contributed by atoms with Gasteiger partial charge in [-0.3, -0.25) is 4.79 Å². The smallest absolute Gasteiger partial charge is 0.248 e. The number of allylic oxidation sites excluding steroid dienone is 3. The predicted octanol–water partition coefficient (Wildman–Crippen LogP) is 4.30. The molecule has 4 nitrogen and oxygen atoms in total. The van der Waals surface area contributed by atoms with Gasteiger partial charge in [0.15, 0.2) is 0 Å². The molecule has 0 spiro atoms. The van der Waals surface area contributed by atoms with Gasteiger partial charge in [-0.25, -0.2) is 4.98 Å². The molecule has 3 aromatic rings. The van der Waals surface area contributed by atoms with Crippen LogP contribution >= 0.6 is 0 Å². The standard InChI is InChI=1S/C19H17N3O/c1-2-3-4-12-18(23)20-15-9-7-8-14(13-15)19-21-16-10-5-6-11-17(16)22-19/h2-13H,1H3,(H,20,23)(H,21,22)/b3-2+,12-4+. The zero-order chi connectivity index (χ0) is 16.1. The van der Waals surface area contributed by atoms with Gasteiger partial charge in [0.2, 0.25) is 5.91 Å². The number of imidazole rings is 1. The van der Waals surface area contributed by atoms with E-state index in [2.05, 4.69) is 15.3 Å². The molecule has 0 atom stereocenters. The van der Waals surface area contributed by atoms with Crippen LogP contribution < -0.4 is 5.32 Å². The minimum Gasteiger partial charge on any atom is -0.338 e. The molecule has 0 aliphatic rings. The van der Waals surface area contributed by atoms with Crippen molar-refractivity contribution in [2.75, 3.05) is 5.32 Å². The summed E-state index contributed by atoms with van der Waals surface area (Å²) in [6, 6.07) is 15.5. The van der Waals surface area contributed by atoms with Crippen molar-refractivity contribution in [3.8, 4) is 11.4 Å². The van der Waals surface area contributed by atoms with Crippen LogP contribution in [0.2, 0.25) is 0 Å². The quantitative estimate of drug-likeness (QED) is 0.557. The lowest BCUT2D eigenvalue weighted by molar-refractivity contribution is -0.111. The highest BCUT2D eigenvalue weighted by Crippen LogP contribution is 2.23. The Labute approximate surface area is 134 Å². The summed E-state index contributed by atoms with van der Waals surface area (Å²) in [4.78, 5) is 19.7. The summed E-state index contributed by atoms with van der Waals surface area (Å²) in [6.45, 7) is 1.90. The average molecular weight is 303 g/mol. The van der Waals surface area contributed by atoms with Crippen molar-refractivity contribution in [1.82, 2.24) is 9.97 Å². The van der Waals surface area contributed by atoms with Crippen LogP contribution in [-0.4, -0.2) is 15.9 Å². The van der Waals surface area contributed by atoms with Gasteiger partial charge in [0.1, 0.15) is 5.82 Å². The van der Waals surface area contributed by atoms with Gasteiger partial charge in [-0.2, -0.15) is 0 Å². The van der Waals surface area contributed by atoms with Crippen LogP contribution in [0.15, 0.2) is 72.8 Å². The monoisotopic (exact) mass is 303 g/mol. The maximum atomic E-state index is 11.8. The second-order valence-electron chi connectivity index (χ2n) is 5.06. The van der Waals surface area contributed by atoms with E-state index >= 15 is 0 Å². The van der Waals surface area contributed by atoms with E-state index in [0.717, 1.165) is 28.1 Å². The van der Waals surface area contributed by atoms with Gasteiger partial charge in [-0.05, 0) is 31.2 Å².